The molecule has 7 heteroatoms. The van der Waals surface area contributed by atoms with Crippen LogP contribution in [0.1, 0.15) is 19.3 Å². The smallest absolute Gasteiger partial charge is 0.326 e. The van der Waals surface area contributed by atoms with Gasteiger partial charge in [-0.2, -0.15) is 0 Å². The van der Waals surface area contributed by atoms with Crippen molar-refractivity contribution in [2.45, 2.75) is 37.5 Å². The van der Waals surface area contributed by atoms with E-state index in [9.17, 15) is 14.7 Å². The SMILES string of the molecule is COC1CC(C(=O)O)N(C(=O)N2CCC(N(C)C)CC2)C1. The molecule has 0 aromatic rings. The van der Waals surface area contributed by atoms with Gasteiger partial charge in [0.2, 0.25) is 0 Å². The molecule has 120 valence electrons. The molecule has 2 fully saturated rings. The molecule has 0 radical (unpaired) electrons. The van der Waals surface area contributed by atoms with Crippen LogP contribution in [-0.4, -0.2) is 90.8 Å². The van der Waals surface area contributed by atoms with E-state index in [0.29, 0.717) is 32.1 Å². The maximum atomic E-state index is 12.6. The number of carboxylic acids is 1. The number of piperidine rings is 1. The lowest BCUT2D eigenvalue weighted by atomic mass is 10.0. The van der Waals surface area contributed by atoms with Gasteiger partial charge in [-0.05, 0) is 26.9 Å². The van der Waals surface area contributed by atoms with Gasteiger partial charge in [0.05, 0.1) is 6.10 Å². The Morgan fingerprint density at radius 2 is 1.86 bits per heavy atom. The van der Waals surface area contributed by atoms with E-state index < -0.39 is 12.0 Å². The molecule has 1 N–H and O–H groups in total. The number of aliphatic carboxylic acids is 1. The van der Waals surface area contributed by atoms with Gasteiger partial charge in [-0.3, -0.25) is 0 Å². The summed E-state index contributed by atoms with van der Waals surface area (Å²) in [5.41, 5.74) is 0. The van der Waals surface area contributed by atoms with Crippen molar-refractivity contribution in [2.75, 3.05) is 40.8 Å². The number of carbonyl (C=O) groups excluding carboxylic acids is 1. The van der Waals surface area contributed by atoms with Crippen LogP contribution in [0.25, 0.3) is 0 Å². The summed E-state index contributed by atoms with van der Waals surface area (Å²) in [6.07, 6.45) is 2.04. The Labute approximate surface area is 125 Å². The Morgan fingerprint density at radius 1 is 1.24 bits per heavy atom. The van der Waals surface area contributed by atoms with E-state index in [4.69, 9.17) is 4.74 Å². The van der Waals surface area contributed by atoms with Gasteiger partial charge in [0.25, 0.3) is 0 Å². The third-order valence-electron chi connectivity index (χ3n) is 4.59. The fraction of sp³-hybridized carbons (Fsp3) is 0.857. The number of ether oxygens (including phenoxy) is 1. The largest absolute Gasteiger partial charge is 0.480 e. The highest BCUT2D eigenvalue weighted by Gasteiger charge is 2.42. The number of hydrogen-bond donors (Lipinski definition) is 1. The Kier molecular flexibility index (Phi) is 5.05. The Bertz CT molecular complexity index is 394. The van der Waals surface area contributed by atoms with E-state index in [0.717, 1.165) is 12.8 Å². The summed E-state index contributed by atoms with van der Waals surface area (Å²) in [4.78, 5) is 29.3. The number of hydrogen-bond acceptors (Lipinski definition) is 4. The lowest BCUT2D eigenvalue weighted by Gasteiger charge is -2.37. The molecular formula is C14H25N3O4. The van der Waals surface area contributed by atoms with Crippen LogP contribution in [0.4, 0.5) is 4.79 Å². The molecule has 2 amide bonds. The van der Waals surface area contributed by atoms with E-state index in [2.05, 4.69) is 4.90 Å². The van der Waals surface area contributed by atoms with Crippen molar-refractivity contribution in [3.05, 3.63) is 0 Å². The summed E-state index contributed by atoms with van der Waals surface area (Å²) in [6, 6.07) is -0.442. The molecule has 0 aliphatic carbocycles. The summed E-state index contributed by atoms with van der Waals surface area (Å²) in [5.74, 6) is -0.953. The minimum atomic E-state index is -0.953. The molecule has 0 bridgehead atoms. The first kappa shape index (κ1) is 16.0. The first-order valence-corrected chi connectivity index (χ1v) is 7.41. The second-order valence-electron chi connectivity index (χ2n) is 6.06. The van der Waals surface area contributed by atoms with E-state index in [-0.39, 0.29) is 12.1 Å². The van der Waals surface area contributed by atoms with Gasteiger partial charge >= 0.3 is 12.0 Å². The Balaban J connectivity index is 1.97. The summed E-state index contributed by atoms with van der Waals surface area (Å²) in [6.45, 7) is 1.73. The zero-order chi connectivity index (χ0) is 15.6. The number of amides is 2. The second kappa shape index (κ2) is 6.62. The molecule has 2 atom stereocenters. The molecule has 2 rings (SSSR count). The van der Waals surface area contributed by atoms with E-state index in [1.807, 2.05) is 14.1 Å². The number of methoxy groups -OCH3 is 1. The number of rotatable bonds is 3. The predicted octanol–water partition coefficient (Wildman–Crippen LogP) is 0.306. The lowest BCUT2D eigenvalue weighted by Crippen LogP contribution is -2.52. The second-order valence-corrected chi connectivity index (χ2v) is 6.06. The van der Waals surface area contributed by atoms with Crippen LogP contribution >= 0.6 is 0 Å². The van der Waals surface area contributed by atoms with Gasteiger partial charge in [0.1, 0.15) is 6.04 Å². The summed E-state index contributed by atoms with van der Waals surface area (Å²) >= 11 is 0. The average Bonchev–Trinajstić information content (AvgIpc) is 2.91. The molecule has 2 heterocycles. The van der Waals surface area contributed by atoms with Crippen LogP contribution in [0.15, 0.2) is 0 Å². The maximum absolute atomic E-state index is 12.6. The molecule has 21 heavy (non-hydrogen) atoms. The topological polar surface area (TPSA) is 73.3 Å². The molecular weight excluding hydrogens is 274 g/mol. The summed E-state index contributed by atoms with van der Waals surface area (Å²) in [5, 5.41) is 9.28. The number of nitrogens with zero attached hydrogens (tertiary/aromatic N) is 3. The highest BCUT2D eigenvalue weighted by molar-refractivity contribution is 5.83. The van der Waals surface area contributed by atoms with Crippen molar-refractivity contribution in [2.24, 2.45) is 0 Å². The van der Waals surface area contributed by atoms with Crippen molar-refractivity contribution >= 4 is 12.0 Å². The molecule has 0 aromatic heterocycles. The van der Waals surface area contributed by atoms with Crippen LogP contribution in [0.2, 0.25) is 0 Å². The van der Waals surface area contributed by atoms with Crippen LogP contribution < -0.4 is 0 Å². The van der Waals surface area contributed by atoms with E-state index in [1.54, 1.807) is 12.0 Å². The minimum absolute atomic E-state index is 0.167. The van der Waals surface area contributed by atoms with Crippen LogP contribution in [0, 0.1) is 0 Å². The zero-order valence-electron chi connectivity index (χ0n) is 13.0. The van der Waals surface area contributed by atoms with Crippen molar-refractivity contribution in [1.29, 1.82) is 0 Å². The first-order valence-electron chi connectivity index (χ1n) is 7.41. The van der Waals surface area contributed by atoms with Crippen LogP contribution in [0.5, 0.6) is 0 Å². The van der Waals surface area contributed by atoms with E-state index >= 15 is 0 Å². The van der Waals surface area contributed by atoms with E-state index in [1.165, 1.54) is 4.90 Å². The predicted molar refractivity (Wildman–Crippen MR) is 77.2 cm³/mol. The van der Waals surface area contributed by atoms with Crippen molar-refractivity contribution in [3.8, 4) is 0 Å². The quantitative estimate of drug-likeness (QED) is 0.812. The van der Waals surface area contributed by atoms with Gasteiger partial charge in [0.15, 0.2) is 0 Å². The molecule has 2 saturated heterocycles. The van der Waals surface area contributed by atoms with Crippen LogP contribution in [-0.2, 0) is 9.53 Å². The Hall–Kier alpha value is -1.34. The highest BCUT2D eigenvalue weighted by atomic mass is 16.5. The normalized spacial score (nSPS) is 27.4. The standard InChI is InChI=1S/C14H25N3O4/c1-15(2)10-4-6-16(7-5-10)14(20)17-9-11(21-3)8-12(17)13(18)19/h10-12H,4-9H2,1-3H3,(H,18,19). The third-order valence-corrected chi connectivity index (χ3v) is 4.59. The van der Waals surface area contributed by atoms with Gasteiger partial charge in [-0.1, -0.05) is 0 Å². The molecule has 7 nitrogen and oxygen atoms in total. The fourth-order valence-corrected chi connectivity index (χ4v) is 3.17. The molecule has 0 aromatic carbocycles. The van der Waals surface area contributed by atoms with Crippen molar-refractivity contribution in [1.82, 2.24) is 14.7 Å². The van der Waals surface area contributed by atoms with Gasteiger partial charge in [-0.15, -0.1) is 0 Å². The fourth-order valence-electron chi connectivity index (χ4n) is 3.17. The average molecular weight is 299 g/mol. The molecule has 0 saturated carbocycles. The molecule has 2 aliphatic heterocycles. The maximum Gasteiger partial charge on any atom is 0.326 e. The molecule has 2 aliphatic rings. The third kappa shape index (κ3) is 3.47. The summed E-state index contributed by atoms with van der Waals surface area (Å²) < 4.78 is 5.23. The zero-order valence-corrected chi connectivity index (χ0v) is 13.0. The minimum Gasteiger partial charge on any atom is -0.480 e. The van der Waals surface area contributed by atoms with Gasteiger partial charge < -0.3 is 24.5 Å². The van der Waals surface area contributed by atoms with Crippen LogP contribution in [0.3, 0.4) is 0 Å². The number of carbonyl (C=O) groups is 2. The first-order chi connectivity index (χ1) is 9.93. The van der Waals surface area contributed by atoms with Crippen molar-refractivity contribution in [3.63, 3.8) is 0 Å². The number of urea groups is 1. The Morgan fingerprint density at radius 3 is 2.33 bits per heavy atom. The van der Waals surface area contributed by atoms with Gasteiger partial charge in [0, 0.05) is 39.2 Å². The number of carboxylic acid groups (broad SMARTS) is 1. The molecule has 2 unspecified atom stereocenters. The summed E-state index contributed by atoms with van der Waals surface area (Å²) in [7, 11) is 5.65. The monoisotopic (exact) mass is 299 g/mol. The highest BCUT2D eigenvalue weighted by Crippen LogP contribution is 2.24. The van der Waals surface area contributed by atoms with Gasteiger partial charge in [-0.25, -0.2) is 9.59 Å². The van der Waals surface area contributed by atoms with Crippen molar-refractivity contribution < 1.29 is 19.4 Å². The number of likely N-dealkylation sites (tertiary alicyclic amines) is 2. The lowest BCUT2D eigenvalue weighted by molar-refractivity contribution is -0.141. The molecule has 0 spiro atoms.